The van der Waals surface area contributed by atoms with Crippen LogP contribution in [0, 0.1) is 0 Å². The van der Waals surface area contributed by atoms with Crippen LogP contribution in [0.15, 0.2) is 115 Å². The maximum atomic E-state index is 5.91. The molecule has 0 aliphatic heterocycles. The fourth-order valence-corrected chi connectivity index (χ4v) is 8.11. The summed E-state index contributed by atoms with van der Waals surface area (Å²) in [4.78, 5) is 0. The molecule has 1 nitrogen and oxygen atoms in total. The average Bonchev–Trinajstić information content (AvgIpc) is 2.77. The molecule has 4 rings (SSSR count). The highest BCUT2D eigenvalue weighted by Crippen LogP contribution is 2.54. The van der Waals surface area contributed by atoms with Crippen LogP contribution in [0.2, 0.25) is 0 Å². The van der Waals surface area contributed by atoms with Crippen LogP contribution in [0.3, 0.4) is 0 Å². The maximum absolute atomic E-state index is 5.91. The van der Waals surface area contributed by atoms with E-state index in [1.165, 1.54) is 21.2 Å². The van der Waals surface area contributed by atoms with Crippen LogP contribution in [-0.4, -0.2) is 6.10 Å². The first-order valence-electron chi connectivity index (χ1n) is 10.0. The Labute approximate surface area is 174 Å². The summed E-state index contributed by atoms with van der Waals surface area (Å²) in [6, 6.07) is 41.5. The molecule has 0 N–H and O–H groups in total. The van der Waals surface area contributed by atoms with Crippen molar-refractivity contribution < 1.29 is 4.74 Å². The smallest absolute Gasteiger partial charge is 0.144 e. The lowest BCUT2D eigenvalue weighted by molar-refractivity contribution is 0.242. The molecule has 0 saturated carbocycles. The summed E-state index contributed by atoms with van der Waals surface area (Å²) in [7, 11) is -2.02. The van der Waals surface area contributed by atoms with E-state index in [0.29, 0.717) is 0 Å². The van der Waals surface area contributed by atoms with E-state index in [4.69, 9.17) is 4.74 Å². The van der Waals surface area contributed by atoms with Gasteiger partial charge in [0.2, 0.25) is 0 Å². The largest absolute Gasteiger partial charge is 0.491 e. The number of benzene rings is 4. The van der Waals surface area contributed by atoms with E-state index in [2.05, 4.69) is 129 Å². The van der Waals surface area contributed by atoms with Crippen molar-refractivity contribution in [1.82, 2.24) is 0 Å². The second kappa shape index (κ2) is 8.64. The lowest BCUT2D eigenvalue weighted by atomic mass is 10.3. The van der Waals surface area contributed by atoms with Gasteiger partial charge in [0.1, 0.15) is 34.2 Å². The van der Waals surface area contributed by atoms with Gasteiger partial charge in [-0.2, -0.15) is 0 Å². The van der Waals surface area contributed by atoms with E-state index < -0.39 is 7.26 Å². The van der Waals surface area contributed by atoms with Crippen molar-refractivity contribution in [1.29, 1.82) is 0 Å². The molecule has 0 radical (unpaired) electrons. The highest BCUT2D eigenvalue weighted by Gasteiger charge is 2.47. The van der Waals surface area contributed by atoms with Gasteiger partial charge in [0.25, 0.3) is 0 Å². The molecule has 0 spiro atoms. The number of hydrogen-bond donors (Lipinski definition) is 0. The van der Waals surface area contributed by atoms with Crippen molar-refractivity contribution in [3.8, 4) is 5.75 Å². The van der Waals surface area contributed by atoms with Gasteiger partial charge in [-0.3, -0.25) is 0 Å². The molecule has 0 saturated heterocycles. The predicted octanol–water partition coefficient (Wildman–Crippen LogP) is 5.09. The van der Waals surface area contributed by atoms with Crippen LogP contribution in [0.5, 0.6) is 5.75 Å². The second-order valence-corrected chi connectivity index (χ2v) is 10.7. The summed E-state index contributed by atoms with van der Waals surface area (Å²) in [5, 5.41) is 5.40. The summed E-state index contributed by atoms with van der Waals surface area (Å²) in [5.41, 5.74) is 0. The minimum atomic E-state index is -2.02. The van der Waals surface area contributed by atoms with E-state index in [0.717, 1.165) is 5.75 Å². The number of hydrogen-bond acceptors (Lipinski definition) is 1. The predicted molar refractivity (Wildman–Crippen MR) is 127 cm³/mol. The summed E-state index contributed by atoms with van der Waals surface area (Å²) in [6.07, 6.45) is 0.165. The first-order valence-corrected chi connectivity index (χ1v) is 11.8. The van der Waals surface area contributed by atoms with Crippen molar-refractivity contribution >= 4 is 28.5 Å². The Morgan fingerprint density at radius 3 is 1.17 bits per heavy atom. The van der Waals surface area contributed by atoms with Gasteiger partial charge in [-0.15, -0.1) is 0 Å². The van der Waals surface area contributed by atoms with Crippen LogP contribution in [0.4, 0.5) is 0 Å². The molecular formula is C27H26OP+. The molecule has 0 aromatic heterocycles. The van der Waals surface area contributed by atoms with Gasteiger partial charge < -0.3 is 4.74 Å². The highest BCUT2D eigenvalue weighted by molar-refractivity contribution is 8.01. The molecule has 4 aromatic carbocycles. The maximum Gasteiger partial charge on any atom is 0.144 e. The fraction of sp³-hybridized carbons (Fsp3) is 0.111. The molecule has 0 aliphatic rings. The lowest BCUT2D eigenvalue weighted by Gasteiger charge is -2.27. The molecule has 0 fully saturated rings. The van der Waals surface area contributed by atoms with Crippen molar-refractivity contribution in [3.63, 3.8) is 0 Å². The van der Waals surface area contributed by atoms with Crippen molar-refractivity contribution in [2.45, 2.75) is 20.0 Å². The van der Waals surface area contributed by atoms with Crippen LogP contribution in [0.25, 0.3) is 0 Å². The SMILES string of the molecule is CC(C)Oc1ccc([P+](c2ccccc2)(c2ccccc2)c2ccccc2)cc1. The molecule has 0 aliphatic carbocycles. The summed E-state index contributed by atoms with van der Waals surface area (Å²) in [5.74, 6) is 0.913. The molecule has 2 heteroatoms. The van der Waals surface area contributed by atoms with E-state index in [1.54, 1.807) is 0 Å². The van der Waals surface area contributed by atoms with Gasteiger partial charge in [0.15, 0.2) is 0 Å². The fourth-order valence-electron chi connectivity index (χ4n) is 3.87. The van der Waals surface area contributed by atoms with Crippen molar-refractivity contribution in [2.24, 2.45) is 0 Å². The summed E-state index contributed by atoms with van der Waals surface area (Å²) in [6.45, 7) is 4.12. The molecule has 0 amide bonds. The molecule has 0 atom stereocenters. The molecule has 144 valence electrons. The summed E-state index contributed by atoms with van der Waals surface area (Å²) < 4.78 is 5.91. The lowest BCUT2D eigenvalue weighted by Crippen LogP contribution is -2.38. The Morgan fingerprint density at radius 2 is 0.828 bits per heavy atom. The molecule has 29 heavy (non-hydrogen) atoms. The topological polar surface area (TPSA) is 9.23 Å². The zero-order valence-electron chi connectivity index (χ0n) is 16.9. The Bertz CT molecular complexity index is 929. The van der Waals surface area contributed by atoms with E-state index in [9.17, 15) is 0 Å². The van der Waals surface area contributed by atoms with Gasteiger partial charge in [0, 0.05) is 0 Å². The van der Waals surface area contributed by atoms with Gasteiger partial charge in [-0.25, -0.2) is 0 Å². The molecule has 0 bridgehead atoms. The first kappa shape index (κ1) is 19.4. The Hall–Kier alpha value is -2.89. The van der Waals surface area contributed by atoms with Crippen molar-refractivity contribution in [2.75, 3.05) is 0 Å². The van der Waals surface area contributed by atoms with Crippen molar-refractivity contribution in [3.05, 3.63) is 115 Å². The van der Waals surface area contributed by atoms with Crippen LogP contribution >= 0.6 is 7.26 Å². The van der Waals surface area contributed by atoms with Crippen LogP contribution in [0.1, 0.15) is 13.8 Å². The number of rotatable bonds is 6. The second-order valence-electron chi connectivity index (χ2n) is 7.34. The third-order valence-corrected chi connectivity index (χ3v) is 9.32. The average molecular weight is 397 g/mol. The summed E-state index contributed by atoms with van der Waals surface area (Å²) >= 11 is 0. The van der Waals surface area contributed by atoms with Crippen LogP contribution in [-0.2, 0) is 0 Å². The Morgan fingerprint density at radius 1 is 0.483 bits per heavy atom. The standard InChI is InChI=1S/C27H26OP/c1-22(2)28-23-18-20-27(21-19-23)29(24-12-6-3-7-13-24,25-14-8-4-9-15-25)26-16-10-5-11-17-26/h3-22H,1-2H3/q+1. The molecule has 0 heterocycles. The normalized spacial score (nSPS) is 11.4. The number of ether oxygens (including phenoxy) is 1. The zero-order valence-corrected chi connectivity index (χ0v) is 17.8. The molecule has 4 aromatic rings. The Balaban J connectivity index is 2.00. The quantitative estimate of drug-likeness (QED) is 0.412. The van der Waals surface area contributed by atoms with Crippen LogP contribution < -0.4 is 26.0 Å². The molecular weight excluding hydrogens is 371 g/mol. The minimum absolute atomic E-state index is 0.165. The highest BCUT2D eigenvalue weighted by atomic mass is 31.2. The van der Waals surface area contributed by atoms with Gasteiger partial charge in [-0.05, 0) is 74.5 Å². The first-order chi connectivity index (χ1) is 14.2. The van der Waals surface area contributed by atoms with Gasteiger partial charge >= 0.3 is 0 Å². The Kier molecular flexibility index (Phi) is 5.79. The van der Waals surface area contributed by atoms with E-state index >= 15 is 0 Å². The zero-order chi connectivity index (χ0) is 20.1. The van der Waals surface area contributed by atoms with E-state index in [1.807, 2.05) is 0 Å². The third kappa shape index (κ3) is 3.84. The monoisotopic (exact) mass is 397 g/mol. The minimum Gasteiger partial charge on any atom is -0.491 e. The third-order valence-electron chi connectivity index (χ3n) is 5.03. The molecule has 0 unspecified atom stereocenters. The van der Waals surface area contributed by atoms with Gasteiger partial charge in [-0.1, -0.05) is 54.6 Å². The van der Waals surface area contributed by atoms with Gasteiger partial charge in [0.05, 0.1) is 6.10 Å². The van der Waals surface area contributed by atoms with E-state index in [-0.39, 0.29) is 6.10 Å².